The van der Waals surface area contributed by atoms with Gasteiger partial charge in [0.25, 0.3) is 0 Å². The quantitative estimate of drug-likeness (QED) is 0.894. The zero-order valence-corrected chi connectivity index (χ0v) is 13.8. The number of aliphatic hydroxyl groups excluding tert-OH is 1. The van der Waals surface area contributed by atoms with Crippen LogP contribution in [0, 0.1) is 0 Å². The van der Waals surface area contributed by atoms with E-state index in [2.05, 4.69) is 0 Å². The molecule has 1 fully saturated rings. The molecule has 4 nitrogen and oxygen atoms in total. The Morgan fingerprint density at radius 2 is 2.21 bits per heavy atom. The minimum atomic E-state index is -2.03. The lowest BCUT2D eigenvalue weighted by Gasteiger charge is -2.36. The molecular formula is C19H23FO4. The molecule has 0 spiro atoms. The van der Waals surface area contributed by atoms with Gasteiger partial charge in [0.2, 0.25) is 5.85 Å². The van der Waals surface area contributed by atoms with Crippen molar-refractivity contribution in [3.8, 4) is 5.75 Å². The molecule has 3 rings (SSSR count). The Hall–Kier alpha value is -1.69. The van der Waals surface area contributed by atoms with Crippen LogP contribution in [-0.2, 0) is 9.47 Å². The van der Waals surface area contributed by atoms with Crippen molar-refractivity contribution in [3.05, 3.63) is 47.6 Å². The first-order valence-corrected chi connectivity index (χ1v) is 8.28. The van der Waals surface area contributed by atoms with E-state index < -0.39 is 12.1 Å². The maximum atomic E-state index is 15.8. The molecule has 2 atom stereocenters. The molecule has 0 bridgehead atoms. The highest BCUT2D eigenvalue weighted by atomic mass is 19.2. The number of alkyl halides is 1. The van der Waals surface area contributed by atoms with Gasteiger partial charge in [0.15, 0.2) is 6.29 Å². The fourth-order valence-corrected chi connectivity index (χ4v) is 3.10. The molecule has 1 saturated heterocycles. The minimum absolute atomic E-state index is 0.00754. The number of hydrogen-bond acceptors (Lipinski definition) is 4. The van der Waals surface area contributed by atoms with E-state index in [4.69, 9.17) is 14.2 Å². The second-order valence-corrected chi connectivity index (χ2v) is 6.11. The molecule has 0 saturated carbocycles. The standard InChI is InChI=1S/C19H23FO4/c1-22-16-6-4-5-15(11-16)17-9-8-14(13-21)12-19(17,20)24-18-7-2-3-10-23-18/h4-6,8-9,11,18,21H,2-3,7,10,12-13H2,1H3. The highest BCUT2D eigenvalue weighted by Gasteiger charge is 2.41. The molecular weight excluding hydrogens is 311 g/mol. The Labute approximate surface area is 141 Å². The Bertz CT molecular complexity index is 634. The predicted octanol–water partition coefficient (Wildman–Crippen LogP) is 3.61. The molecule has 2 unspecified atom stereocenters. The van der Waals surface area contributed by atoms with Gasteiger partial charge in [0, 0.05) is 18.6 Å². The van der Waals surface area contributed by atoms with Crippen LogP contribution in [0.1, 0.15) is 31.2 Å². The lowest BCUT2D eigenvalue weighted by molar-refractivity contribution is -0.245. The van der Waals surface area contributed by atoms with E-state index in [-0.39, 0.29) is 13.0 Å². The van der Waals surface area contributed by atoms with Crippen LogP contribution in [-0.4, -0.2) is 37.6 Å². The highest BCUT2D eigenvalue weighted by Crippen LogP contribution is 2.42. The summed E-state index contributed by atoms with van der Waals surface area (Å²) in [6, 6.07) is 7.24. The number of benzene rings is 1. The number of halogens is 1. The minimum Gasteiger partial charge on any atom is -0.497 e. The molecule has 24 heavy (non-hydrogen) atoms. The van der Waals surface area contributed by atoms with Gasteiger partial charge in [0.05, 0.1) is 13.7 Å². The highest BCUT2D eigenvalue weighted by molar-refractivity contribution is 5.75. The molecule has 0 amide bonds. The second kappa shape index (κ2) is 7.47. The molecule has 0 radical (unpaired) electrons. The molecule has 2 aliphatic rings. The first-order chi connectivity index (χ1) is 11.6. The summed E-state index contributed by atoms with van der Waals surface area (Å²) in [5, 5.41) is 9.40. The van der Waals surface area contributed by atoms with Crippen LogP contribution in [0.2, 0.25) is 0 Å². The number of rotatable bonds is 5. The zero-order chi connectivity index (χ0) is 17.0. The Morgan fingerprint density at radius 3 is 2.92 bits per heavy atom. The summed E-state index contributed by atoms with van der Waals surface area (Å²) in [7, 11) is 1.58. The van der Waals surface area contributed by atoms with Crippen molar-refractivity contribution in [2.75, 3.05) is 20.3 Å². The molecule has 1 N–H and O–H groups in total. The normalized spacial score (nSPS) is 27.4. The summed E-state index contributed by atoms with van der Waals surface area (Å²) < 4.78 is 32.3. The van der Waals surface area contributed by atoms with E-state index in [0.717, 1.165) is 12.8 Å². The molecule has 1 aliphatic heterocycles. The number of hydrogen-bond donors (Lipinski definition) is 1. The van der Waals surface area contributed by atoms with Crippen LogP contribution in [0.3, 0.4) is 0 Å². The first-order valence-electron chi connectivity index (χ1n) is 8.28. The number of methoxy groups -OCH3 is 1. The monoisotopic (exact) mass is 334 g/mol. The van der Waals surface area contributed by atoms with Crippen molar-refractivity contribution < 1.29 is 23.7 Å². The van der Waals surface area contributed by atoms with E-state index in [1.807, 2.05) is 18.2 Å². The third-order valence-corrected chi connectivity index (χ3v) is 4.38. The molecule has 1 aliphatic carbocycles. The van der Waals surface area contributed by atoms with Crippen molar-refractivity contribution in [2.45, 2.75) is 37.8 Å². The molecule has 1 aromatic rings. The fourth-order valence-electron chi connectivity index (χ4n) is 3.10. The van der Waals surface area contributed by atoms with Gasteiger partial charge in [-0.1, -0.05) is 24.3 Å². The van der Waals surface area contributed by atoms with Crippen LogP contribution in [0.5, 0.6) is 5.75 Å². The van der Waals surface area contributed by atoms with Crippen LogP contribution >= 0.6 is 0 Å². The van der Waals surface area contributed by atoms with E-state index in [1.54, 1.807) is 25.3 Å². The van der Waals surface area contributed by atoms with Gasteiger partial charge < -0.3 is 19.3 Å². The summed E-state index contributed by atoms with van der Waals surface area (Å²) >= 11 is 0. The predicted molar refractivity (Wildman–Crippen MR) is 89.3 cm³/mol. The van der Waals surface area contributed by atoms with Crippen molar-refractivity contribution in [1.82, 2.24) is 0 Å². The van der Waals surface area contributed by atoms with Crippen LogP contribution in [0.25, 0.3) is 5.57 Å². The van der Waals surface area contributed by atoms with Crippen molar-refractivity contribution in [1.29, 1.82) is 0 Å². The van der Waals surface area contributed by atoms with E-state index in [0.29, 0.717) is 35.5 Å². The van der Waals surface area contributed by atoms with Crippen molar-refractivity contribution in [3.63, 3.8) is 0 Å². The van der Waals surface area contributed by atoms with Gasteiger partial charge in [-0.25, -0.2) is 4.39 Å². The number of allylic oxidation sites excluding steroid dienone is 2. The van der Waals surface area contributed by atoms with Gasteiger partial charge in [-0.2, -0.15) is 0 Å². The van der Waals surface area contributed by atoms with E-state index in [9.17, 15) is 5.11 Å². The lowest BCUT2D eigenvalue weighted by atomic mass is 9.88. The van der Waals surface area contributed by atoms with E-state index in [1.165, 1.54) is 0 Å². The summed E-state index contributed by atoms with van der Waals surface area (Å²) in [6.45, 7) is 0.393. The molecule has 1 heterocycles. The fraction of sp³-hybridized carbons (Fsp3) is 0.474. The summed E-state index contributed by atoms with van der Waals surface area (Å²) in [4.78, 5) is 0. The number of aliphatic hydroxyl groups is 1. The summed E-state index contributed by atoms with van der Waals surface area (Å²) in [5.41, 5.74) is 1.72. The largest absolute Gasteiger partial charge is 0.497 e. The van der Waals surface area contributed by atoms with Crippen LogP contribution < -0.4 is 4.74 Å². The van der Waals surface area contributed by atoms with Crippen molar-refractivity contribution in [2.24, 2.45) is 0 Å². The number of ether oxygens (including phenoxy) is 3. The second-order valence-electron chi connectivity index (χ2n) is 6.11. The summed E-state index contributed by atoms with van der Waals surface area (Å²) in [5.74, 6) is -1.37. The third-order valence-electron chi connectivity index (χ3n) is 4.38. The van der Waals surface area contributed by atoms with Crippen LogP contribution in [0.4, 0.5) is 4.39 Å². The lowest BCUT2D eigenvalue weighted by Crippen LogP contribution is -2.38. The Kier molecular flexibility index (Phi) is 5.33. The first kappa shape index (κ1) is 17.1. The van der Waals surface area contributed by atoms with Gasteiger partial charge in [0.1, 0.15) is 5.75 Å². The Morgan fingerprint density at radius 1 is 1.33 bits per heavy atom. The Balaban J connectivity index is 1.91. The van der Waals surface area contributed by atoms with Crippen LogP contribution in [0.15, 0.2) is 42.0 Å². The van der Waals surface area contributed by atoms with Gasteiger partial charge in [-0.05, 0) is 42.5 Å². The smallest absolute Gasteiger partial charge is 0.242 e. The topological polar surface area (TPSA) is 47.9 Å². The molecule has 5 heteroatoms. The van der Waals surface area contributed by atoms with Gasteiger partial charge in [-0.3, -0.25) is 0 Å². The van der Waals surface area contributed by atoms with Gasteiger partial charge in [-0.15, -0.1) is 0 Å². The maximum absolute atomic E-state index is 15.8. The third kappa shape index (κ3) is 3.69. The molecule has 1 aromatic carbocycles. The average Bonchev–Trinajstić information content (AvgIpc) is 2.62. The van der Waals surface area contributed by atoms with Crippen molar-refractivity contribution >= 4 is 5.57 Å². The van der Waals surface area contributed by atoms with E-state index >= 15 is 4.39 Å². The summed E-state index contributed by atoms with van der Waals surface area (Å²) in [6.07, 6.45) is 5.46. The van der Waals surface area contributed by atoms with Gasteiger partial charge >= 0.3 is 0 Å². The molecule has 130 valence electrons. The molecule has 0 aromatic heterocycles. The maximum Gasteiger partial charge on any atom is 0.242 e. The SMILES string of the molecule is COc1cccc(C2=CC=C(CO)CC2(F)OC2CCCCO2)c1. The average molecular weight is 334 g/mol. The zero-order valence-electron chi connectivity index (χ0n) is 13.8.